The predicted octanol–water partition coefficient (Wildman–Crippen LogP) is 3.54. The van der Waals surface area contributed by atoms with E-state index in [9.17, 15) is 4.39 Å². The highest BCUT2D eigenvalue weighted by atomic mass is 19.1. The molecule has 94 valence electrons. The van der Waals surface area contributed by atoms with Crippen molar-refractivity contribution in [2.24, 2.45) is 5.92 Å². The summed E-state index contributed by atoms with van der Waals surface area (Å²) in [7, 11) is 0. The van der Waals surface area contributed by atoms with Crippen LogP contribution >= 0.6 is 0 Å². The summed E-state index contributed by atoms with van der Waals surface area (Å²) in [5.74, 6) is 0.929. The lowest BCUT2D eigenvalue weighted by Crippen LogP contribution is -2.29. The second-order valence-corrected chi connectivity index (χ2v) is 5.24. The van der Waals surface area contributed by atoms with Crippen LogP contribution in [0.25, 0.3) is 0 Å². The summed E-state index contributed by atoms with van der Waals surface area (Å²) in [6, 6.07) is 7.41. The van der Waals surface area contributed by atoms with E-state index in [1.165, 1.54) is 31.7 Å². The van der Waals surface area contributed by atoms with E-state index in [1.54, 1.807) is 6.07 Å². The molecule has 0 aliphatic heterocycles. The molecule has 1 nitrogen and oxygen atoms in total. The lowest BCUT2D eigenvalue weighted by molar-refractivity contribution is 0.504. The molecule has 0 radical (unpaired) electrons. The molecule has 0 heterocycles. The van der Waals surface area contributed by atoms with Crippen molar-refractivity contribution < 1.29 is 4.39 Å². The summed E-state index contributed by atoms with van der Waals surface area (Å²) in [6.45, 7) is 3.19. The molecular weight excluding hydrogens is 213 g/mol. The molecule has 0 aromatic heterocycles. The first-order valence-corrected chi connectivity index (χ1v) is 6.72. The van der Waals surface area contributed by atoms with Crippen molar-refractivity contribution in [1.82, 2.24) is 5.32 Å². The molecule has 1 aliphatic carbocycles. The molecule has 1 saturated carbocycles. The summed E-state index contributed by atoms with van der Waals surface area (Å²) in [4.78, 5) is 0. The van der Waals surface area contributed by atoms with Gasteiger partial charge in [0.1, 0.15) is 5.82 Å². The summed E-state index contributed by atoms with van der Waals surface area (Å²) >= 11 is 0. The first kappa shape index (κ1) is 12.6. The van der Waals surface area contributed by atoms with Crippen molar-refractivity contribution >= 4 is 0 Å². The third-order valence-corrected chi connectivity index (χ3v) is 3.46. The highest BCUT2D eigenvalue weighted by Gasteiger charge is 2.20. The minimum absolute atomic E-state index is 0.0841. The van der Waals surface area contributed by atoms with Crippen LogP contribution in [0.5, 0.6) is 0 Å². The van der Waals surface area contributed by atoms with Gasteiger partial charge in [-0.25, -0.2) is 4.39 Å². The number of hydrogen-bond donors (Lipinski definition) is 1. The van der Waals surface area contributed by atoms with Gasteiger partial charge in [-0.05, 0) is 50.3 Å². The Kier molecular flexibility index (Phi) is 4.55. The van der Waals surface area contributed by atoms with Crippen molar-refractivity contribution in [2.75, 3.05) is 6.54 Å². The van der Waals surface area contributed by atoms with E-state index in [2.05, 4.69) is 12.2 Å². The molecule has 0 saturated heterocycles. The van der Waals surface area contributed by atoms with Gasteiger partial charge >= 0.3 is 0 Å². The Morgan fingerprint density at radius 3 is 2.82 bits per heavy atom. The third kappa shape index (κ3) is 4.47. The molecule has 1 aromatic rings. The van der Waals surface area contributed by atoms with Gasteiger partial charge in [0.25, 0.3) is 0 Å². The Morgan fingerprint density at radius 2 is 2.12 bits per heavy atom. The predicted molar refractivity (Wildman–Crippen MR) is 69.5 cm³/mol. The van der Waals surface area contributed by atoms with Gasteiger partial charge < -0.3 is 5.32 Å². The fourth-order valence-electron chi connectivity index (χ4n) is 2.21. The van der Waals surface area contributed by atoms with Crippen LogP contribution in [0.15, 0.2) is 24.3 Å². The highest BCUT2D eigenvalue weighted by molar-refractivity contribution is 5.18. The van der Waals surface area contributed by atoms with Crippen LogP contribution in [0.1, 0.15) is 38.2 Å². The Hall–Kier alpha value is -0.890. The zero-order valence-electron chi connectivity index (χ0n) is 10.6. The summed E-state index contributed by atoms with van der Waals surface area (Å²) < 4.78 is 13.4. The Morgan fingerprint density at radius 1 is 1.35 bits per heavy atom. The SMILES string of the molecule is CC(Cc1ccccc1F)NCCCC1CC1. The minimum atomic E-state index is -0.0841. The molecule has 1 unspecified atom stereocenters. The molecule has 2 heteroatoms. The lowest BCUT2D eigenvalue weighted by atomic mass is 10.1. The van der Waals surface area contributed by atoms with E-state index >= 15 is 0 Å². The quantitative estimate of drug-likeness (QED) is 0.713. The highest BCUT2D eigenvalue weighted by Crippen LogP contribution is 2.33. The first-order chi connectivity index (χ1) is 8.25. The average Bonchev–Trinajstić information content (AvgIpc) is 3.12. The van der Waals surface area contributed by atoms with Crippen molar-refractivity contribution in [3.05, 3.63) is 35.6 Å². The maximum Gasteiger partial charge on any atom is 0.126 e. The fourth-order valence-corrected chi connectivity index (χ4v) is 2.21. The molecule has 1 aliphatic rings. The van der Waals surface area contributed by atoms with E-state index in [4.69, 9.17) is 0 Å². The molecule has 17 heavy (non-hydrogen) atoms. The van der Waals surface area contributed by atoms with Crippen LogP contribution in [0, 0.1) is 11.7 Å². The van der Waals surface area contributed by atoms with Crippen LogP contribution in [0.2, 0.25) is 0 Å². The number of nitrogens with one attached hydrogen (secondary N) is 1. The van der Waals surface area contributed by atoms with Crippen LogP contribution in [-0.4, -0.2) is 12.6 Å². The monoisotopic (exact) mass is 235 g/mol. The van der Waals surface area contributed by atoms with Crippen LogP contribution < -0.4 is 5.32 Å². The zero-order valence-corrected chi connectivity index (χ0v) is 10.6. The summed E-state index contributed by atoms with van der Waals surface area (Å²) in [5, 5.41) is 3.47. The van der Waals surface area contributed by atoms with Gasteiger partial charge in [-0.2, -0.15) is 0 Å². The van der Waals surface area contributed by atoms with Gasteiger partial charge in [0, 0.05) is 6.04 Å². The first-order valence-electron chi connectivity index (χ1n) is 6.72. The van der Waals surface area contributed by atoms with Crippen LogP contribution in [0.4, 0.5) is 4.39 Å². The molecule has 0 bridgehead atoms. The Labute approximate surface area is 103 Å². The topological polar surface area (TPSA) is 12.0 Å². The molecule has 1 fully saturated rings. The smallest absolute Gasteiger partial charge is 0.126 e. The van der Waals surface area contributed by atoms with E-state index in [1.807, 2.05) is 12.1 Å². The zero-order chi connectivity index (χ0) is 12.1. The van der Waals surface area contributed by atoms with Gasteiger partial charge in [-0.15, -0.1) is 0 Å². The lowest BCUT2D eigenvalue weighted by Gasteiger charge is -2.14. The Balaban J connectivity index is 1.65. The van der Waals surface area contributed by atoms with Crippen LogP contribution in [0.3, 0.4) is 0 Å². The molecule has 0 spiro atoms. The average molecular weight is 235 g/mol. The number of benzene rings is 1. The Bertz CT molecular complexity index is 347. The fraction of sp³-hybridized carbons (Fsp3) is 0.600. The molecule has 2 rings (SSSR count). The standard InChI is InChI=1S/C15H22FN/c1-12(17-10-4-5-13-8-9-13)11-14-6-2-3-7-15(14)16/h2-3,6-7,12-13,17H,4-5,8-11H2,1H3. The largest absolute Gasteiger partial charge is 0.314 e. The van der Waals surface area contributed by atoms with E-state index in [0.717, 1.165) is 24.4 Å². The number of halogens is 1. The molecule has 1 aromatic carbocycles. The minimum Gasteiger partial charge on any atom is -0.314 e. The molecule has 0 amide bonds. The second-order valence-electron chi connectivity index (χ2n) is 5.24. The van der Waals surface area contributed by atoms with Gasteiger partial charge in [-0.1, -0.05) is 31.0 Å². The maximum absolute atomic E-state index is 13.4. The second kappa shape index (κ2) is 6.15. The van der Waals surface area contributed by atoms with Crippen molar-refractivity contribution in [3.63, 3.8) is 0 Å². The van der Waals surface area contributed by atoms with Crippen molar-refractivity contribution in [2.45, 2.75) is 45.1 Å². The third-order valence-electron chi connectivity index (χ3n) is 3.46. The van der Waals surface area contributed by atoms with Gasteiger partial charge in [0.15, 0.2) is 0 Å². The van der Waals surface area contributed by atoms with Crippen molar-refractivity contribution in [1.29, 1.82) is 0 Å². The number of hydrogen-bond acceptors (Lipinski definition) is 1. The normalized spacial score (nSPS) is 17.1. The van der Waals surface area contributed by atoms with Gasteiger partial charge in [0.2, 0.25) is 0 Å². The molecule has 1 N–H and O–H groups in total. The van der Waals surface area contributed by atoms with Crippen molar-refractivity contribution in [3.8, 4) is 0 Å². The van der Waals surface area contributed by atoms with Crippen LogP contribution in [-0.2, 0) is 6.42 Å². The van der Waals surface area contributed by atoms with E-state index in [-0.39, 0.29) is 5.82 Å². The molecule has 1 atom stereocenters. The summed E-state index contributed by atoms with van der Waals surface area (Å²) in [6.07, 6.45) is 6.26. The van der Waals surface area contributed by atoms with Gasteiger partial charge in [-0.3, -0.25) is 0 Å². The van der Waals surface area contributed by atoms with E-state index < -0.39 is 0 Å². The number of rotatable bonds is 7. The molecular formula is C15H22FN. The maximum atomic E-state index is 13.4. The van der Waals surface area contributed by atoms with E-state index in [0.29, 0.717) is 6.04 Å². The van der Waals surface area contributed by atoms with Gasteiger partial charge in [0.05, 0.1) is 0 Å². The summed E-state index contributed by atoms with van der Waals surface area (Å²) in [5.41, 5.74) is 0.815.